The standard InChI is InChI=1S/C32H29FN4O5/c1-5-19(2)15-25-30(32(39)37(36-25)21-9-7-6-8-10-21)31(38)35-20-11-12-27(23(33)16-20)42-26-13-14-34-24-18-29(41-4)28(40-3)17-22(24)26/h5-14,16-18,36H,15H2,1-4H3,(H,35,38). The van der Waals surface area contributed by atoms with E-state index in [1.807, 2.05) is 26.0 Å². The number of H-pyrrole nitrogens is 1. The summed E-state index contributed by atoms with van der Waals surface area (Å²) in [6, 6.07) is 18.0. The number of anilines is 1. The highest BCUT2D eigenvalue weighted by Gasteiger charge is 2.23. The molecule has 2 heterocycles. The summed E-state index contributed by atoms with van der Waals surface area (Å²) >= 11 is 0. The van der Waals surface area contributed by atoms with Crippen LogP contribution >= 0.6 is 0 Å². The van der Waals surface area contributed by atoms with Crippen LogP contribution in [0, 0.1) is 5.82 Å². The van der Waals surface area contributed by atoms with E-state index in [1.54, 1.807) is 48.7 Å². The Morgan fingerprint density at radius 2 is 1.74 bits per heavy atom. The minimum Gasteiger partial charge on any atom is -0.493 e. The van der Waals surface area contributed by atoms with E-state index < -0.39 is 17.3 Å². The first kappa shape index (κ1) is 28.2. The number of hydrogen-bond acceptors (Lipinski definition) is 6. The SMILES string of the molecule is CC=C(C)Cc1[nH]n(-c2ccccc2)c(=O)c1C(=O)Nc1ccc(Oc2ccnc3cc(OC)c(OC)cc23)c(F)c1. The Bertz CT molecular complexity index is 1860. The van der Waals surface area contributed by atoms with Gasteiger partial charge in [0.2, 0.25) is 0 Å². The second-order valence-corrected chi connectivity index (χ2v) is 9.49. The normalized spacial score (nSPS) is 11.4. The fraction of sp³-hybridized carbons (Fsp3) is 0.156. The lowest BCUT2D eigenvalue weighted by Crippen LogP contribution is -2.24. The van der Waals surface area contributed by atoms with Crippen molar-refractivity contribution in [3.63, 3.8) is 0 Å². The molecular formula is C32H29FN4O5. The van der Waals surface area contributed by atoms with Crippen LogP contribution in [0.4, 0.5) is 10.1 Å². The van der Waals surface area contributed by atoms with E-state index in [-0.39, 0.29) is 17.0 Å². The minimum absolute atomic E-state index is 0.0478. The summed E-state index contributed by atoms with van der Waals surface area (Å²) in [5.41, 5.74) is 2.20. The summed E-state index contributed by atoms with van der Waals surface area (Å²) in [6.45, 7) is 3.79. The van der Waals surface area contributed by atoms with Gasteiger partial charge < -0.3 is 19.5 Å². The predicted molar refractivity (Wildman–Crippen MR) is 159 cm³/mol. The maximum Gasteiger partial charge on any atom is 0.284 e. The Morgan fingerprint density at radius 1 is 1.00 bits per heavy atom. The van der Waals surface area contributed by atoms with Crippen molar-refractivity contribution in [2.24, 2.45) is 0 Å². The van der Waals surface area contributed by atoms with E-state index in [0.717, 1.165) is 11.6 Å². The number of pyridine rings is 1. The predicted octanol–water partition coefficient (Wildman–Crippen LogP) is 6.42. The van der Waals surface area contributed by atoms with E-state index in [1.165, 1.54) is 31.0 Å². The van der Waals surface area contributed by atoms with Crippen molar-refractivity contribution in [3.05, 3.63) is 112 Å². The van der Waals surface area contributed by atoms with Crippen molar-refractivity contribution >= 4 is 22.5 Å². The van der Waals surface area contributed by atoms with Gasteiger partial charge in [-0.15, -0.1) is 0 Å². The first-order valence-corrected chi connectivity index (χ1v) is 13.1. The fourth-order valence-electron chi connectivity index (χ4n) is 4.49. The molecule has 5 aromatic rings. The number of fused-ring (bicyclic) bond motifs is 1. The van der Waals surface area contributed by atoms with Crippen LogP contribution in [0.3, 0.4) is 0 Å². The number of ether oxygens (including phenoxy) is 3. The third-order valence-corrected chi connectivity index (χ3v) is 6.77. The second-order valence-electron chi connectivity index (χ2n) is 9.49. The molecule has 0 saturated heterocycles. The van der Waals surface area contributed by atoms with Gasteiger partial charge in [-0.25, -0.2) is 9.07 Å². The number of nitrogens with one attached hydrogen (secondary N) is 2. The quantitative estimate of drug-likeness (QED) is 0.199. The molecule has 0 bridgehead atoms. The van der Waals surface area contributed by atoms with Crippen molar-refractivity contribution in [1.29, 1.82) is 0 Å². The fourth-order valence-corrected chi connectivity index (χ4v) is 4.49. The number of halogens is 1. The molecule has 0 radical (unpaired) electrons. The number of para-hydroxylation sites is 1. The molecule has 0 saturated carbocycles. The molecule has 9 nitrogen and oxygen atoms in total. The highest BCUT2D eigenvalue weighted by molar-refractivity contribution is 6.05. The van der Waals surface area contributed by atoms with Gasteiger partial charge in [0.1, 0.15) is 11.3 Å². The molecule has 0 spiro atoms. The van der Waals surface area contributed by atoms with Gasteiger partial charge in [0, 0.05) is 35.8 Å². The number of benzene rings is 3. The van der Waals surface area contributed by atoms with Crippen LogP contribution in [0.25, 0.3) is 16.6 Å². The smallest absolute Gasteiger partial charge is 0.284 e. The molecule has 0 atom stereocenters. The lowest BCUT2D eigenvalue weighted by atomic mass is 10.1. The summed E-state index contributed by atoms with van der Waals surface area (Å²) in [4.78, 5) is 31.0. The number of carbonyl (C=O) groups is 1. The number of aromatic amines is 1. The number of methoxy groups -OCH3 is 2. The van der Waals surface area contributed by atoms with Gasteiger partial charge in [-0.3, -0.25) is 19.7 Å². The number of allylic oxidation sites excluding steroid dienone is 2. The molecule has 0 unspecified atom stereocenters. The second kappa shape index (κ2) is 12.0. The average Bonchev–Trinajstić information content (AvgIpc) is 3.33. The molecule has 2 N–H and O–H groups in total. The third kappa shape index (κ3) is 5.60. The lowest BCUT2D eigenvalue weighted by molar-refractivity contribution is 0.102. The summed E-state index contributed by atoms with van der Waals surface area (Å²) in [6.07, 6.45) is 3.82. The van der Waals surface area contributed by atoms with Crippen LogP contribution in [-0.4, -0.2) is 34.9 Å². The summed E-state index contributed by atoms with van der Waals surface area (Å²) in [7, 11) is 3.04. The zero-order valence-electron chi connectivity index (χ0n) is 23.5. The molecule has 1 amide bonds. The van der Waals surface area contributed by atoms with Crippen molar-refractivity contribution in [2.75, 3.05) is 19.5 Å². The molecular weight excluding hydrogens is 539 g/mol. The molecule has 5 rings (SSSR count). The highest BCUT2D eigenvalue weighted by atomic mass is 19.1. The highest BCUT2D eigenvalue weighted by Crippen LogP contribution is 2.37. The van der Waals surface area contributed by atoms with Crippen LogP contribution in [-0.2, 0) is 6.42 Å². The van der Waals surface area contributed by atoms with Gasteiger partial charge >= 0.3 is 0 Å². The molecule has 42 heavy (non-hydrogen) atoms. The third-order valence-electron chi connectivity index (χ3n) is 6.77. The van der Waals surface area contributed by atoms with Crippen LogP contribution in [0.15, 0.2) is 89.4 Å². The largest absolute Gasteiger partial charge is 0.493 e. The van der Waals surface area contributed by atoms with Crippen molar-refractivity contribution in [1.82, 2.24) is 14.8 Å². The minimum atomic E-state index is -0.709. The van der Waals surface area contributed by atoms with E-state index in [4.69, 9.17) is 14.2 Å². The maximum absolute atomic E-state index is 15.2. The summed E-state index contributed by atoms with van der Waals surface area (Å²) in [5.74, 6) is -0.0930. The molecule has 214 valence electrons. The number of aromatic nitrogens is 3. The summed E-state index contributed by atoms with van der Waals surface area (Å²) in [5, 5.41) is 6.31. The first-order valence-electron chi connectivity index (χ1n) is 13.1. The maximum atomic E-state index is 15.2. The topological polar surface area (TPSA) is 107 Å². The van der Waals surface area contributed by atoms with Crippen LogP contribution in [0.1, 0.15) is 29.9 Å². The Kier molecular flexibility index (Phi) is 8.05. The van der Waals surface area contributed by atoms with Crippen molar-refractivity contribution < 1.29 is 23.4 Å². The zero-order valence-corrected chi connectivity index (χ0v) is 23.5. The van der Waals surface area contributed by atoms with Gasteiger partial charge in [-0.2, -0.15) is 0 Å². The molecule has 10 heteroatoms. The van der Waals surface area contributed by atoms with E-state index in [9.17, 15) is 9.59 Å². The molecule has 3 aromatic carbocycles. The van der Waals surface area contributed by atoms with Gasteiger partial charge in [0.25, 0.3) is 11.5 Å². The molecule has 2 aromatic heterocycles. The Hall–Kier alpha value is -5.38. The Labute approximate surface area is 241 Å². The average molecular weight is 569 g/mol. The Balaban J connectivity index is 1.43. The molecule has 0 fully saturated rings. The molecule has 0 aliphatic rings. The molecule has 0 aliphatic carbocycles. The van der Waals surface area contributed by atoms with E-state index >= 15 is 4.39 Å². The first-order chi connectivity index (χ1) is 20.3. The van der Waals surface area contributed by atoms with E-state index in [0.29, 0.717) is 46.0 Å². The van der Waals surface area contributed by atoms with Gasteiger partial charge in [0.05, 0.1) is 31.1 Å². The van der Waals surface area contributed by atoms with E-state index in [2.05, 4.69) is 15.4 Å². The molecule has 0 aliphatic heterocycles. The van der Waals surface area contributed by atoms with Crippen LogP contribution in [0.2, 0.25) is 0 Å². The Morgan fingerprint density at radius 3 is 2.43 bits per heavy atom. The number of carbonyl (C=O) groups excluding carboxylic acids is 1. The van der Waals surface area contributed by atoms with Crippen LogP contribution in [0.5, 0.6) is 23.0 Å². The van der Waals surface area contributed by atoms with Gasteiger partial charge in [-0.05, 0) is 50.2 Å². The number of rotatable bonds is 9. The number of hydrogen-bond donors (Lipinski definition) is 2. The number of nitrogens with zero attached hydrogens (tertiary/aromatic N) is 2. The van der Waals surface area contributed by atoms with Crippen LogP contribution < -0.4 is 25.1 Å². The monoisotopic (exact) mass is 568 g/mol. The van der Waals surface area contributed by atoms with Crippen molar-refractivity contribution in [2.45, 2.75) is 20.3 Å². The summed E-state index contributed by atoms with van der Waals surface area (Å²) < 4.78 is 33.2. The van der Waals surface area contributed by atoms with Crippen molar-refractivity contribution in [3.8, 4) is 28.7 Å². The lowest BCUT2D eigenvalue weighted by Gasteiger charge is -2.13. The number of amides is 1. The zero-order chi connectivity index (χ0) is 29.8. The van der Waals surface area contributed by atoms with Gasteiger partial charge in [-0.1, -0.05) is 29.8 Å². The van der Waals surface area contributed by atoms with Gasteiger partial charge in [0.15, 0.2) is 23.1 Å².